The van der Waals surface area contributed by atoms with Crippen LogP contribution in [0.25, 0.3) is 0 Å². The first kappa shape index (κ1) is 94.9. The monoisotopic (exact) mass is 1390 g/mol. The topological polar surface area (TPSA) is 111 Å². The molecule has 10 heteroatoms. The summed E-state index contributed by atoms with van der Waals surface area (Å²) in [5, 5.41) is 0. The zero-order valence-corrected chi connectivity index (χ0v) is 66.1. The molecule has 0 aromatic rings. The number of phosphoric acid groups is 1. The fraction of sp³-hybridized carbons (Fsp3) is 0.795. The molecule has 570 valence electrons. The van der Waals surface area contributed by atoms with Gasteiger partial charge in [0.15, 0.2) is 6.10 Å². The SMILES string of the molecule is CC/C=C\C/C=C\C/C=C\C/C=C\C/C=C\C/C=C\C/C=C\C/C=C\CCCCCCCCCCCCCCC(=O)OC(COC(=O)CCCCCCCCCCCCCCCCCCCCCCCCCCCCCCCCCCCCCCC)COP(=O)([O-])OCC[N+](C)(C)C. The summed E-state index contributed by atoms with van der Waals surface area (Å²) < 4.78 is 34.4. The van der Waals surface area contributed by atoms with Crippen molar-refractivity contribution in [3.05, 3.63) is 97.2 Å². The van der Waals surface area contributed by atoms with E-state index in [-0.39, 0.29) is 32.0 Å². The van der Waals surface area contributed by atoms with Gasteiger partial charge in [0.2, 0.25) is 0 Å². The Kier molecular flexibility index (Phi) is 75.6. The standard InChI is InChI=1S/C88H160NO8P/c1-6-8-10-12-14-16-18-20-22-24-26-28-30-32-34-36-38-40-42-44-46-48-50-52-54-56-58-60-62-64-66-68-70-72-74-76-78-80-87(90)94-84-86(85-96-98(92,93)95-83-82-89(3,4)5)97-88(91)81-79-77-75-73-71-69-67-65-63-61-59-57-55-53-51-49-47-45-43-41-39-37-35-33-31-29-27-25-23-21-19-17-15-13-11-9-7-2/h9,11,15,17,21,23,27,29,33,35,39,41,45,47,51,53,86H,6-8,10,12-14,16,18-20,22,24-26,28,30-32,34,36-38,40,42-44,46,48-50,52,54-85H2,1-5H3/b11-9-,17-15-,23-21-,29-27-,35-33-,41-39-,47-45-,53-51-. The highest BCUT2D eigenvalue weighted by molar-refractivity contribution is 7.45. The third-order valence-electron chi connectivity index (χ3n) is 18.6. The molecule has 0 radical (unpaired) electrons. The number of hydrogen-bond donors (Lipinski definition) is 0. The molecule has 0 spiro atoms. The molecule has 0 saturated carbocycles. The fourth-order valence-electron chi connectivity index (χ4n) is 12.3. The van der Waals surface area contributed by atoms with Crippen LogP contribution >= 0.6 is 7.82 Å². The number of esters is 2. The molecule has 0 aromatic carbocycles. The van der Waals surface area contributed by atoms with E-state index >= 15 is 0 Å². The summed E-state index contributed by atoms with van der Waals surface area (Å²) in [4.78, 5) is 38.2. The Hall–Kier alpha value is -3.07. The zero-order valence-electron chi connectivity index (χ0n) is 65.2. The van der Waals surface area contributed by atoms with Crippen LogP contribution in [0.15, 0.2) is 97.2 Å². The highest BCUT2D eigenvalue weighted by atomic mass is 31.2. The summed E-state index contributed by atoms with van der Waals surface area (Å²) in [6, 6.07) is 0. The van der Waals surface area contributed by atoms with Gasteiger partial charge in [0, 0.05) is 12.8 Å². The number of carbonyl (C=O) groups excluding carboxylic acids is 2. The number of ether oxygens (including phenoxy) is 2. The number of carbonyl (C=O) groups is 2. The van der Waals surface area contributed by atoms with Gasteiger partial charge in [0.1, 0.15) is 19.8 Å². The molecule has 98 heavy (non-hydrogen) atoms. The summed E-state index contributed by atoms with van der Waals surface area (Å²) in [5.74, 6) is -0.821. The molecular formula is C88H160NO8P. The fourth-order valence-corrected chi connectivity index (χ4v) is 13.0. The Morgan fingerprint density at radius 3 is 0.867 bits per heavy atom. The van der Waals surface area contributed by atoms with Crippen molar-refractivity contribution in [1.82, 2.24) is 0 Å². The molecule has 0 aliphatic heterocycles. The summed E-state index contributed by atoms with van der Waals surface area (Å²) in [7, 11) is 1.17. The Balaban J connectivity index is 3.94. The molecule has 0 bridgehead atoms. The van der Waals surface area contributed by atoms with Crippen LogP contribution in [-0.4, -0.2) is 70.0 Å². The molecule has 0 aromatic heterocycles. The summed E-state index contributed by atoms with van der Waals surface area (Å²) in [5.41, 5.74) is 0. The van der Waals surface area contributed by atoms with Crippen LogP contribution in [0.3, 0.4) is 0 Å². The van der Waals surface area contributed by atoms with Gasteiger partial charge >= 0.3 is 11.9 Å². The lowest BCUT2D eigenvalue weighted by Gasteiger charge is -2.28. The third-order valence-corrected chi connectivity index (χ3v) is 19.6. The minimum atomic E-state index is -4.65. The van der Waals surface area contributed by atoms with Crippen molar-refractivity contribution < 1.29 is 42.1 Å². The Labute approximate surface area is 608 Å². The lowest BCUT2D eigenvalue weighted by atomic mass is 10.0. The number of rotatable bonds is 78. The number of hydrogen-bond acceptors (Lipinski definition) is 8. The minimum absolute atomic E-state index is 0.0324. The second kappa shape index (κ2) is 78.1. The molecular weight excluding hydrogens is 1230 g/mol. The van der Waals surface area contributed by atoms with E-state index in [1.54, 1.807) is 0 Å². The Bertz CT molecular complexity index is 1980. The van der Waals surface area contributed by atoms with E-state index in [4.69, 9.17) is 18.5 Å². The van der Waals surface area contributed by atoms with Gasteiger partial charge in [-0.2, -0.15) is 0 Å². The lowest BCUT2D eigenvalue weighted by Crippen LogP contribution is -2.37. The van der Waals surface area contributed by atoms with Crippen LogP contribution in [0.1, 0.15) is 399 Å². The molecule has 0 amide bonds. The quantitative estimate of drug-likeness (QED) is 0.0195. The molecule has 0 heterocycles. The maximum atomic E-state index is 12.9. The first-order valence-electron chi connectivity index (χ1n) is 41.9. The maximum Gasteiger partial charge on any atom is 0.306 e. The first-order valence-corrected chi connectivity index (χ1v) is 43.4. The Morgan fingerprint density at radius 1 is 0.327 bits per heavy atom. The van der Waals surface area contributed by atoms with Crippen molar-refractivity contribution in [3.8, 4) is 0 Å². The van der Waals surface area contributed by atoms with Crippen molar-refractivity contribution >= 4 is 19.8 Å². The highest BCUT2D eigenvalue weighted by Crippen LogP contribution is 2.38. The average molecular weight is 1390 g/mol. The highest BCUT2D eigenvalue weighted by Gasteiger charge is 2.22. The number of likely N-dealkylation sites (N-methyl/N-ethyl adjacent to an activating group) is 1. The van der Waals surface area contributed by atoms with E-state index in [2.05, 4.69) is 111 Å². The van der Waals surface area contributed by atoms with Crippen LogP contribution in [0, 0.1) is 0 Å². The molecule has 0 fully saturated rings. The van der Waals surface area contributed by atoms with Crippen molar-refractivity contribution in [1.29, 1.82) is 0 Å². The summed E-state index contributed by atoms with van der Waals surface area (Å²) in [6.07, 6.45) is 110. The predicted octanol–water partition coefficient (Wildman–Crippen LogP) is 27.5. The van der Waals surface area contributed by atoms with Gasteiger partial charge in [-0.25, -0.2) is 0 Å². The number of quaternary nitrogens is 1. The maximum absolute atomic E-state index is 12.9. The second-order valence-electron chi connectivity index (χ2n) is 29.5. The summed E-state index contributed by atoms with van der Waals surface area (Å²) in [6.45, 7) is 4.18. The molecule has 0 N–H and O–H groups in total. The zero-order chi connectivity index (χ0) is 71.1. The van der Waals surface area contributed by atoms with E-state index in [1.807, 2.05) is 21.1 Å². The van der Waals surface area contributed by atoms with Gasteiger partial charge in [-0.15, -0.1) is 0 Å². The van der Waals surface area contributed by atoms with Crippen LogP contribution in [0.4, 0.5) is 0 Å². The minimum Gasteiger partial charge on any atom is -0.756 e. The van der Waals surface area contributed by atoms with Crippen molar-refractivity contribution in [2.24, 2.45) is 0 Å². The van der Waals surface area contributed by atoms with Gasteiger partial charge in [0.05, 0.1) is 27.7 Å². The van der Waals surface area contributed by atoms with Crippen LogP contribution in [-0.2, 0) is 32.7 Å². The largest absolute Gasteiger partial charge is 0.756 e. The first-order chi connectivity index (χ1) is 48.0. The number of nitrogens with zero attached hydrogens (tertiary/aromatic N) is 1. The molecule has 9 nitrogen and oxygen atoms in total. The van der Waals surface area contributed by atoms with Crippen LogP contribution in [0.2, 0.25) is 0 Å². The van der Waals surface area contributed by atoms with Crippen molar-refractivity contribution in [2.45, 2.75) is 405 Å². The van der Waals surface area contributed by atoms with Crippen molar-refractivity contribution in [2.75, 3.05) is 47.5 Å². The number of phosphoric ester groups is 1. The van der Waals surface area contributed by atoms with E-state index in [9.17, 15) is 19.0 Å². The molecule has 0 saturated heterocycles. The number of unbranched alkanes of at least 4 members (excludes halogenated alkanes) is 48. The molecule has 0 aliphatic carbocycles. The van der Waals surface area contributed by atoms with E-state index in [0.717, 1.165) is 89.9 Å². The van der Waals surface area contributed by atoms with E-state index in [0.29, 0.717) is 17.4 Å². The lowest BCUT2D eigenvalue weighted by molar-refractivity contribution is -0.870. The van der Waals surface area contributed by atoms with Gasteiger partial charge in [-0.1, -0.05) is 406 Å². The van der Waals surface area contributed by atoms with Gasteiger partial charge in [-0.05, 0) is 77.0 Å². The van der Waals surface area contributed by atoms with Crippen molar-refractivity contribution in [3.63, 3.8) is 0 Å². The normalized spacial score (nSPS) is 13.5. The Morgan fingerprint density at radius 2 is 0.582 bits per heavy atom. The molecule has 0 rings (SSSR count). The van der Waals surface area contributed by atoms with Crippen LogP contribution < -0.4 is 4.89 Å². The number of allylic oxidation sites excluding steroid dienone is 16. The van der Waals surface area contributed by atoms with Crippen LogP contribution in [0.5, 0.6) is 0 Å². The van der Waals surface area contributed by atoms with Gasteiger partial charge in [-0.3, -0.25) is 14.2 Å². The van der Waals surface area contributed by atoms with Gasteiger partial charge in [0.25, 0.3) is 7.82 Å². The van der Waals surface area contributed by atoms with E-state index in [1.165, 1.54) is 276 Å². The average Bonchev–Trinajstić information content (AvgIpc) is 1.08. The molecule has 2 atom stereocenters. The predicted molar refractivity (Wildman–Crippen MR) is 425 cm³/mol. The molecule has 2 unspecified atom stereocenters. The van der Waals surface area contributed by atoms with Gasteiger partial charge < -0.3 is 27.9 Å². The third kappa shape index (κ3) is 81.9. The smallest absolute Gasteiger partial charge is 0.306 e. The second-order valence-corrected chi connectivity index (χ2v) is 30.9. The van der Waals surface area contributed by atoms with E-state index < -0.39 is 26.5 Å². The molecule has 0 aliphatic rings. The summed E-state index contributed by atoms with van der Waals surface area (Å²) >= 11 is 0.